The molecule has 2 amide bonds. The monoisotopic (exact) mass is 382 g/mol. The van der Waals surface area contributed by atoms with Gasteiger partial charge in [0.2, 0.25) is 11.8 Å². The van der Waals surface area contributed by atoms with Gasteiger partial charge in [0, 0.05) is 31.1 Å². The zero-order chi connectivity index (χ0) is 19.9. The van der Waals surface area contributed by atoms with E-state index in [4.69, 9.17) is 9.47 Å². The zero-order valence-electron chi connectivity index (χ0n) is 16.4. The number of methoxy groups -OCH3 is 2. The Morgan fingerprint density at radius 1 is 1.07 bits per heavy atom. The van der Waals surface area contributed by atoms with Gasteiger partial charge in [0.1, 0.15) is 11.5 Å². The van der Waals surface area contributed by atoms with Crippen molar-refractivity contribution in [3.63, 3.8) is 0 Å². The Morgan fingerprint density at radius 2 is 1.86 bits per heavy atom. The van der Waals surface area contributed by atoms with Crippen LogP contribution in [0.5, 0.6) is 11.5 Å². The van der Waals surface area contributed by atoms with Gasteiger partial charge in [-0.15, -0.1) is 0 Å². The van der Waals surface area contributed by atoms with E-state index in [1.165, 1.54) is 0 Å². The molecule has 1 fully saturated rings. The zero-order valence-corrected chi connectivity index (χ0v) is 16.4. The molecule has 2 aromatic carbocycles. The molecule has 0 aromatic heterocycles. The van der Waals surface area contributed by atoms with E-state index in [2.05, 4.69) is 5.32 Å². The summed E-state index contributed by atoms with van der Waals surface area (Å²) in [6.07, 6.45) is 3.50. The molecule has 1 heterocycles. The predicted molar refractivity (Wildman–Crippen MR) is 109 cm³/mol. The second-order valence-electron chi connectivity index (χ2n) is 6.79. The molecule has 0 saturated carbocycles. The Bertz CT molecular complexity index is 833. The van der Waals surface area contributed by atoms with Crippen LogP contribution in [0.25, 0.3) is 0 Å². The van der Waals surface area contributed by atoms with Gasteiger partial charge in [0.15, 0.2) is 0 Å². The lowest BCUT2D eigenvalue weighted by molar-refractivity contribution is -0.119. The summed E-state index contributed by atoms with van der Waals surface area (Å²) in [7, 11) is 3.20. The fraction of sp³-hybridized carbons (Fsp3) is 0.364. The highest BCUT2D eigenvalue weighted by molar-refractivity contribution is 5.97. The number of ether oxygens (including phenoxy) is 2. The lowest BCUT2D eigenvalue weighted by Crippen LogP contribution is -2.35. The van der Waals surface area contributed by atoms with E-state index in [0.29, 0.717) is 37.2 Å². The summed E-state index contributed by atoms with van der Waals surface area (Å²) in [5.41, 5.74) is 2.49. The maximum atomic E-state index is 12.3. The maximum absolute atomic E-state index is 12.3. The predicted octanol–water partition coefficient (Wildman–Crippen LogP) is 3.79. The Balaban J connectivity index is 1.61. The average Bonchev–Trinajstić information content (AvgIpc) is 2.73. The number of benzene rings is 2. The number of hydrogen-bond acceptors (Lipinski definition) is 4. The minimum atomic E-state index is -0.0697. The summed E-state index contributed by atoms with van der Waals surface area (Å²) in [6.45, 7) is 0.697. The third-order valence-corrected chi connectivity index (χ3v) is 4.88. The van der Waals surface area contributed by atoms with Crippen LogP contribution in [0.2, 0.25) is 0 Å². The molecule has 148 valence electrons. The third-order valence-electron chi connectivity index (χ3n) is 4.88. The lowest BCUT2D eigenvalue weighted by atomic mass is 10.1. The smallest absolute Gasteiger partial charge is 0.227 e. The van der Waals surface area contributed by atoms with Crippen molar-refractivity contribution in [2.75, 3.05) is 31.0 Å². The molecule has 1 saturated heterocycles. The van der Waals surface area contributed by atoms with Crippen LogP contribution in [0.4, 0.5) is 11.4 Å². The van der Waals surface area contributed by atoms with E-state index in [-0.39, 0.29) is 11.8 Å². The van der Waals surface area contributed by atoms with Gasteiger partial charge in [0.25, 0.3) is 0 Å². The molecule has 6 heteroatoms. The number of carbonyl (C=O) groups excluding carboxylic acids is 2. The number of nitrogens with one attached hydrogen (secondary N) is 1. The van der Waals surface area contributed by atoms with E-state index >= 15 is 0 Å². The third kappa shape index (κ3) is 4.82. The lowest BCUT2D eigenvalue weighted by Gasteiger charge is -2.28. The molecule has 0 atom stereocenters. The van der Waals surface area contributed by atoms with Crippen LogP contribution in [-0.4, -0.2) is 32.6 Å². The van der Waals surface area contributed by atoms with Gasteiger partial charge >= 0.3 is 0 Å². The molecule has 28 heavy (non-hydrogen) atoms. The first kappa shape index (κ1) is 19.7. The molecular formula is C22H26N2O4. The standard InChI is InChI=1S/C22H26N2O4/c1-27-18-10-6-16(7-11-18)8-13-21(25)23-17-9-12-19(20(15-17)28-2)24-14-4-3-5-22(24)26/h6-7,9-12,15H,3-5,8,13-14H2,1-2H3,(H,23,25). The molecule has 2 aromatic rings. The normalized spacial score (nSPS) is 13.9. The van der Waals surface area contributed by atoms with Crippen LogP contribution >= 0.6 is 0 Å². The summed E-state index contributed by atoms with van der Waals surface area (Å²) in [4.78, 5) is 26.2. The van der Waals surface area contributed by atoms with Gasteiger partial charge in [-0.05, 0) is 49.1 Å². The second-order valence-corrected chi connectivity index (χ2v) is 6.79. The fourth-order valence-electron chi connectivity index (χ4n) is 3.31. The number of nitrogens with zero attached hydrogens (tertiary/aromatic N) is 1. The molecule has 1 aliphatic heterocycles. The van der Waals surface area contributed by atoms with Crippen molar-refractivity contribution in [3.8, 4) is 11.5 Å². The Labute approximate surface area is 165 Å². The van der Waals surface area contributed by atoms with E-state index in [0.717, 1.165) is 29.8 Å². The van der Waals surface area contributed by atoms with Gasteiger partial charge in [-0.25, -0.2) is 0 Å². The van der Waals surface area contributed by atoms with Crippen molar-refractivity contribution in [2.24, 2.45) is 0 Å². The molecule has 0 bridgehead atoms. The second kappa shape index (κ2) is 9.26. The molecule has 0 spiro atoms. The van der Waals surface area contributed by atoms with Crippen LogP contribution in [0.1, 0.15) is 31.2 Å². The highest BCUT2D eigenvalue weighted by Gasteiger charge is 2.22. The van der Waals surface area contributed by atoms with Crippen LogP contribution in [0.15, 0.2) is 42.5 Å². The van der Waals surface area contributed by atoms with E-state index in [1.807, 2.05) is 36.4 Å². The first-order valence-corrected chi connectivity index (χ1v) is 9.52. The highest BCUT2D eigenvalue weighted by Crippen LogP contribution is 2.33. The molecule has 1 N–H and O–H groups in total. The molecule has 1 aliphatic rings. The number of rotatable bonds is 7. The van der Waals surface area contributed by atoms with E-state index < -0.39 is 0 Å². The van der Waals surface area contributed by atoms with Crippen LogP contribution in [0.3, 0.4) is 0 Å². The quantitative estimate of drug-likeness (QED) is 0.791. The molecule has 0 unspecified atom stereocenters. The SMILES string of the molecule is COc1ccc(CCC(=O)Nc2ccc(N3CCCCC3=O)c(OC)c2)cc1. The van der Waals surface area contributed by atoms with Crippen molar-refractivity contribution in [2.45, 2.75) is 32.1 Å². The first-order chi connectivity index (χ1) is 13.6. The fourth-order valence-corrected chi connectivity index (χ4v) is 3.31. The number of hydrogen-bond donors (Lipinski definition) is 1. The van der Waals surface area contributed by atoms with Crippen molar-refractivity contribution in [3.05, 3.63) is 48.0 Å². The Kier molecular flexibility index (Phi) is 6.53. The maximum Gasteiger partial charge on any atom is 0.227 e. The summed E-state index contributed by atoms with van der Waals surface area (Å²) >= 11 is 0. The molecule has 3 rings (SSSR count). The summed E-state index contributed by atoms with van der Waals surface area (Å²) in [5, 5.41) is 2.90. The van der Waals surface area contributed by atoms with Crippen LogP contribution in [0, 0.1) is 0 Å². The highest BCUT2D eigenvalue weighted by atomic mass is 16.5. The van der Waals surface area contributed by atoms with Gasteiger partial charge in [0.05, 0.1) is 19.9 Å². The van der Waals surface area contributed by atoms with E-state index in [1.54, 1.807) is 25.2 Å². The summed E-state index contributed by atoms with van der Waals surface area (Å²) < 4.78 is 10.6. The van der Waals surface area contributed by atoms with E-state index in [9.17, 15) is 9.59 Å². The number of aryl methyl sites for hydroxylation is 1. The Morgan fingerprint density at radius 3 is 2.54 bits per heavy atom. The molecule has 0 radical (unpaired) electrons. The Hall–Kier alpha value is -3.02. The molecular weight excluding hydrogens is 356 g/mol. The first-order valence-electron chi connectivity index (χ1n) is 9.52. The van der Waals surface area contributed by atoms with Gasteiger partial charge in [-0.3, -0.25) is 9.59 Å². The van der Waals surface area contributed by atoms with Crippen LogP contribution < -0.4 is 19.7 Å². The van der Waals surface area contributed by atoms with Crippen molar-refractivity contribution in [1.82, 2.24) is 0 Å². The largest absolute Gasteiger partial charge is 0.497 e. The van der Waals surface area contributed by atoms with Gasteiger partial charge < -0.3 is 19.7 Å². The average molecular weight is 382 g/mol. The van der Waals surface area contributed by atoms with Crippen molar-refractivity contribution < 1.29 is 19.1 Å². The molecule has 0 aliphatic carbocycles. The summed E-state index contributed by atoms with van der Waals surface area (Å²) in [5.74, 6) is 1.43. The topological polar surface area (TPSA) is 67.9 Å². The van der Waals surface area contributed by atoms with Crippen LogP contribution in [-0.2, 0) is 16.0 Å². The van der Waals surface area contributed by atoms with Gasteiger partial charge in [-0.1, -0.05) is 12.1 Å². The number of anilines is 2. The minimum Gasteiger partial charge on any atom is -0.497 e. The minimum absolute atomic E-state index is 0.0697. The number of piperidine rings is 1. The van der Waals surface area contributed by atoms with Gasteiger partial charge in [-0.2, -0.15) is 0 Å². The van der Waals surface area contributed by atoms with Crippen molar-refractivity contribution >= 4 is 23.2 Å². The summed E-state index contributed by atoms with van der Waals surface area (Å²) in [6, 6.07) is 13.1. The van der Waals surface area contributed by atoms with Crippen molar-refractivity contribution in [1.29, 1.82) is 0 Å². The number of amides is 2. The number of carbonyl (C=O) groups is 2. The molecule has 6 nitrogen and oxygen atoms in total.